The predicted molar refractivity (Wildman–Crippen MR) is 212 cm³/mol. The molecule has 2 nitrogen and oxygen atoms in total. The van der Waals surface area contributed by atoms with Gasteiger partial charge in [-0.3, -0.25) is 4.98 Å². The molecule has 6 unspecified atom stereocenters. The summed E-state index contributed by atoms with van der Waals surface area (Å²) in [4.78, 5) is 4.28. The van der Waals surface area contributed by atoms with Crippen LogP contribution >= 0.6 is 0 Å². The second-order valence-electron chi connectivity index (χ2n) is 13.3. The smallest absolute Gasteiger partial charge is 0.0548 e. The largest absolute Gasteiger partial charge is 0.384 e. The van der Waals surface area contributed by atoms with E-state index in [2.05, 4.69) is 176 Å². The quantitative estimate of drug-likeness (QED) is 0.137. The molecule has 0 radical (unpaired) electrons. The Morgan fingerprint density at radius 2 is 1.69 bits per heavy atom. The molecular weight excluding hydrogens is 581 g/mol. The zero-order valence-electron chi connectivity index (χ0n) is 30.9. The number of aryl methyl sites for hydroxylation is 1. The van der Waals surface area contributed by atoms with E-state index >= 15 is 0 Å². The number of allylic oxidation sites excluding steroid dienone is 14. The lowest BCUT2D eigenvalue weighted by atomic mass is 9.66. The van der Waals surface area contributed by atoms with Crippen molar-refractivity contribution in [1.82, 2.24) is 10.3 Å². The number of aromatic nitrogens is 1. The highest BCUT2D eigenvalue weighted by Gasteiger charge is 2.36. The standard InChI is InChI=1S/C46H60N2/c1-11-16-21-38(15-5)45(40-26-24-33(6)25-27-40)42(22-17-12-2)36(9)34(7)41(19-13-3)35(8)37(10)43(20-14-4)46-44(23-18-30-48-46)39-28-31-47-32-29-39/h12-14,16-19,21-32,34-35,37,41,43,46,48H,2,4,11,15,20H2,1,3,5-10H3/b19-13-,21-16-,22-17-,42-36-,45-38+. The molecule has 1 aromatic heterocycles. The van der Waals surface area contributed by atoms with Crippen LogP contribution in [0.3, 0.4) is 0 Å². The maximum Gasteiger partial charge on any atom is 0.0548 e. The highest BCUT2D eigenvalue weighted by molar-refractivity contribution is 5.86. The number of dihydropyridines is 1. The summed E-state index contributed by atoms with van der Waals surface area (Å²) < 4.78 is 0. The van der Waals surface area contributed by atoms with Crippen LogP contribution in [0.25, 0.3) is 11.1 Å². The normalized spacial score (nSPS) is 19.2. The zero-order chi connectivity index (χ0) is 35.1. The Balaban J connectivity index is 2.15. The number of hydrogen-bond donors (Lipinski definition) is 1. The average Bonchev–Trinajstić information content (AvgIpc) is 3.12. The van der Waals surface area contributed by atoms with Gasteiger partial charge < -0.3 is 5.32 Å². The van der Waals surface area contributed by atoms with E-state index in [9.17, 15) is 0 Å². The molecule has 1 aliphatic rings. The van der Waals surface area contributed by atoms with Gasteiger partial charge >= 0.3 is 0 Å². The molecule has 0 aliphatic carbocycles. The molecule has 0 spiro atoms. The first kappa shape index (κ1) is 38.3. The van der Waals surface area contributed by atoms with Gasteiger partial charge in [0, 0.05) is 12.4 Å². The van der Waals surface area contributed by atoms with Crippen LogP contribution in [0.15, 0.2) is 146 Å². The van der Waals surface area contributed by atoms with Crippen molar-refractivity contribution < 1.29 is 0 Å². The third-order valence-electron chi connectivity index (χ3n) is 10.3. The Labute approximate surface area is 293 Å². The molecule has 1 N–H and O–H groups in total. The van der Waals surface area contributed by atoms with Crippen LogP contribution in [0.5, 0.6) is 0 Å². The van der Waals surface area contributed by atoms with Gasteiger partial charge in [0.05, 0.1) is 6.04 Å². The minimum Gasteiger partial charge on any atom is -0.384 e. The third-order valence-corrected chi connectivity index (χ3v) is 10.3. The summed E-state index contributed by atoms with van der Waals surface area (Å²) in [6, 6.07) is 13.5. The minimum absolute atomic E-state index is 0.186. The molecule has 2 heterocycles. The minimum atomic E-state index is 0.186. The maximum absolute atomic E-state index is 4.28. The summed E-state index contributed by atoms with van der Waals surface area (Å²) in [6.45, 7) is 26.7. The van der Waals surface area contributed by atoms with E-state index in [0.29, 0.717) is 29.6 Å². The zero-order valence-corrected chi connectivity index (χ0v) is 30.9. The van der Waals surface area contributed by atoms with Crippen molar-refractivity contribution in [2.45, 2.75) is 80.7 Å². The maximum atomic E-state index is 4.28. The van der Waals surface area contributed by atoms with Gasteiger partial charge in [-0.2, -0.15) is 0 Å². The molecule has 0 fully saturated rings. The van der Waals surface area contributed by atoms with Crippen LogP contribution in [-0.2, 0) is 0 Å². The number of nitrogens with zero attached hydrogens (tertiary/aromatic N) is 1. The topological polar surface area (TPSA) is 24.9 Å². The lowest BCUT2D eigenvalue weighted by Crippen LogP contribution is -2.41. The first-order chi connectivity index (χ1) is 23.2. The van der Waals surface area contributed by atoms with Gasteiger partial charge in [0.25, 0.3) is 0 Å². The molecule has 1 aromatic carbocycles. The van der Waals surface area contributed by atoms with E-state index in [-0.39, 0.29) is 6.04 Å². The number of benzene rings is 1. The summed E-state index contributed by atoms with van der Waals surface area (Å²) in [6.07, 6.45) is 30.9. The summed E-state index contributed by atoms with van der Waals surface area (Å²) in [5, 5.41) is 3.75. The third kappa shape index (κ3) is 9.69. The highest BCUT2D eigenvalue weighted by Crippen LogP contribution is 2.43. The summed E-state index contributed by atoms with van der Waals surface area (Å²) in [5.41, 5.74) is 10.4. The van der Waals surface area contributed by atoms with E-state index in [1.165, 1.54) is 44.6 Å². The fourth-order valence-corrected chi connectivity index (χ4v) is 7.27. The molecule has 48 heavy (non-hydrogen) atoms. The van der Waals surface area contributed by atoms with E-state index in [4.69, 9.17) is 0 Å². The van der Waals surface area contributed by atoms with Gasteiger partial charge in [0.1, 0.15) is 0 Å². The Morgan fingerprint density at radius 1 is 0.979 bits per heavy atom. The average molecular weight is 641 g/mol. The lowest BCUT2D eigenvalue weighted by Gasteiger charge is -2.41. The van der Waals surface area contributed by atoms with E-state index in [0.717, 1.165) is 19.3 Å². The molecule has 1 aliphatic heterocycles. The van der Waals surface area contributed by atoms with Gasteiger partial charge in [-0.1, -0.05) is 131 Å². The van der Waals surface area contributed by atoms with Gasteiger partial charge in [-0.05, 0) is 127 Å². The second-order valence-corrected chi connectivity index (χ2v) is 13.3. The van der Waals surface area contributed by atoms with Crippen LogP contribution in [-0.4, -0.2) is 11.0 Å². The van der Waals surface area contributed by atoms with Crippen molar-refractivity contribution in [2.24, 2.45) is 29.6 Å². The predicted octanol–water partition coefficient (Wildman–Crippen LogP) is 12.4. The number of pyridine rings is 1. The highest BCUT2D eigenvalue weighted by atomic mass is 14.9. The van der Waals surface area contributed by atoms with E-state index < -0.39 is 0 Å². The fraction of sp³-hybridized carbons (Fsp3) is 0.370. The summed E-state index contributed by atoms with van der Waals surface area (Å²) in [5.74, 6) is 1.82. The molecular formula is C46H60N2. The van der Waals surface area contributed by atoms with Gasteiger partial charge in [-0.25, -0.2) is 0 Å². The monoisotopic (exact) mass is 640 g/mol. The molecule has 0 saturated carbocycles. The van der Waals surface area contributed by atoms with Crippen LogP contribution in [0.1, 0.15) is 84.4 Å². The molecule has 2 aromatic rings. The van der Waals surface area contributed by atoms with Crippen molar-refractivity contribution >= 4 is 11.1 Å². The van der Waals surface area contributed by atoms with Crippen molar-refractivity contribution in [3.8, 4) is 0 Å². The van der Waals surface area contributed by atoms with Crippen LogP contribution in [0, 0.1) is 36.5 Å². The summed E-state index contributed by atoms with van der Waals surface area (Å²) >= 11 is 0. The number of rotatable bonds is 17. The molecule has 0 bridgehead atoms. The first-order valence-corrected chi connectivity index (χ1v) is 18.0. The molecule has 2 heteroatoms. The Kier molecular flexibility index (Phi) is 15.6. The van der Waals surface area contributed by atoms with Gasteiger partial charge in [0.15, 0.2) is 0 Å². The molecule has 0 amide bonds. The van der Waals surface area contributed by atoms with Crippen molar-refractivity contribution in [2.75, 3.05) is 0 Å². The fourth-order valence-electron chi connectivity index (χ4n) is 7.27. The van der Waals surface area contributed by atoms with Crippen LogP contribution in [0.4, 0.5) is 0 Å². The Hall–Kier alpha value is -4.17. The molecule has 3 rings (SSSR count). The number of nitrogens with one attached hydrogen (secondary N) is 1. The Bertz CT molecular complexity index is 1540. The van der Waals surface area contributed by atoms with Crippen molar-refractivity contribution in [3.05, 3.63) is 162 Å². The van der Waals surface area contributed by atoms with Crippen LogP contribution < -0.4 is 5.32 Å². The number of hydrogen-bond acceptors (Lipinski definition) is 2. The van der Waals surface area contributed by atoms with Crippen LogP contribution in [0.2, 0.25) is 0 Å². The van der Waals surface area contributed by atoms with Gasteiger partial charge in [0.2, 0.25) is 0 Å². The first-order valence-electron chi connectivity index (χ1n) is 18.0. The summed E-state index contributed by atoms with van der Waals surface area (Å²) in [7, 11) is 0. The second kappa shape index (κ2) is 19.6. The lowest BCUT2D eigenvalue weighted by molar-refractivity contribution is 0.177. The molecule has 0 saturated heterocycles. The molecule has 254 valence electrons. The van der Waals surface area contributed by atoms with E-state index in [1.807, 2.05) is 18.5 Å². The Morgan fingerprint density at radius 3 is 2.29 bits per heavy atom. The van der Waals surface area contributed by atoms with Crippen molar-refractivity contribution in [1.29, 1.82) is 0 Å². The van der Waals surface area contributed by atoms with Crippen molar-refractivity contribution in [3.63, 3.8) is 0 Å². The molecule has 6 atom stereocenters. The van der Waals surface area contributed by atoms with E-state index in [1.54, 1.807) is 0 Å². The SMILES string of the molecule is C=C\C=C/C(=C(\C)C(C)C(/C=C\C)C(C)C(C)C(CC=C)C1NC=CC=C1c1ccncc1)C(=C(/C=C\CC)CC)/c1ccc(C)cc1. The van der Waals surface area contributed by atoms with Gasteiger partial charge in [-0.15, -0.1) is 6.58 Å².